The van der Waals surface area contributed by atoms with Crippen molar-refractivity contribution in [2.75, 3.05) is 26.5 Å². The third-order valence-corrected chi connectivity index (χ3v) is 5.82. The Morgan fingerprint density at radius 1 is 1.23 bits per heavy atom. The van der Waals surface area contributed by atoms with Gasteiger partial charge in [0.1, 0.15) is 5.37 Å². The lowest BCUT2D eigenvalue weighted by atomic mass is 10.1. The van der Waals surface area contributed by atoms with Crippen molar-refractivity contribution in [1.29, 1.82) is 0 Å². The quantitative estimate of drug-likeness (QED) is 0.851. The molecule has 5 heteroatoms. The van der Waals surface area contributed by atoms with Gasteiger partial charge in [-0.05, 0) is 18.9 Å². The number of rotatable bonds is 4. The van der Waals surface area contributed by atoms with Gasteiger partial charge >= 0.3 is 0 Å². The molecule has 4 nitrogen and oxygen atoms in total. The Hall–Kier alpha value is -1.36. The van der Waals surface area contributed by atoms with Crippen molar-refractivity contribution >= 4 is 17.7 Å². The van der Waals surface area contributed by atoms with Crippen molar-refractivity contribution < 1.29 is 14.3 Å². The van der Waals surface area contributed by atoms with Gasteiger partial charge < -0.3 is 14.4 Å². The molecule has 3 rings (SSSR count). The van der Waals surface area contributed by atoms with Gasteiger partial charge in [0, 0.05) is 23.8 Å². The number of hydrogen-bond acceptors (Lipinski definition) is 4. The summed E-state index contributed by atoms with van der Waals surface area (Å²) in [5.74, 6) is 2.98. The van der Waals surface area contributed by atoms with Crippen LogP contribution in [0, 0.1) is 5.92 Å². The molecule has 0 aromatic heterocycles. The Bertz CT molecular complexity index is 543. The first kappa shape index (κ1) is 15.5. The van der Waals surface area contributed by atoms with E-state index >= 15 is 0 Å². The Morgan fingerprint density at radius 2 is 2.00 bits per heavy atom. The van der Waals surface area contributed by atoms with Crippen LogP contribution in [0.4, 0.5) is 0 Å². The topological polar surface area (TPSA) is 38.8 Å². The first-order chi connectivity index (χ1) is 10.8. The zero-order valence-corrected chi connectivity index (χ0v) is 14.0. The fraction of sp³-hybridized carbons (Fsp3) is 0.588. The molecule has 1 aliphatic heterocycles. The summed E-state index contributed by atoms with van der Waals surface area (Å²) in [6.45, 7) is 0.824. The molecule has 0 N–H and O–H groups in total. The van der Waals surface area contributed by atoms with Gasteiger partial charge in [0.05, 0.1) is 14.2 Å². The Labute approximate surface area is 136 Å². The number of amides is 1. The second-order valence-electron chi connectivity index (χ2n) is 5.82. The van der Waals surface area contributed by atoms with E-state index in [2.05, 4.69) is 0 Å². The van der Waals surface area contributed by atoms with Crippen LogP contribution in [0.25, 0.3) is 0 Å². The number of benzene rings is 1. The van der Waals surface area contributed by atoms with E-state index in [-0.39, 0.29) is 11.3 Å². The molecular formula is C17H23NO3S. The molecule has 1 amide bonds. The molecule has 0 bridgehead atoms. The molecule has 1 saturated heterocycles. The summed E-state index contributed by atoms with van der Waals surface area (Å²) >= 11 is 1.81. The highest BCUT2D eigenvalue weighted by molar-refractivity contribution is 7.99. The molecule has 1 heterocycles. The van der Waals surface area contributed by atoms with Gasteiger partial charge in [0.25, 0.3) is 0 Å². The van der Waals surface area contributed by atoms with Crippen LogP contribution in [0.2, 0.25) is 0 Å². The number of methoxy groups -OCH3 is 2. The van der Waals surface area contributed by atoms with Crippen molar-refractivity contribution in [3.63, 3.8) is 0 Å². The minimum atomic E-state index is 0.0400. The van der Waals surface area contributed by atoms with Crippen molar-refractivity contribution in [3.05, 3.63) is 23.8 Å². The molecular weight excluding hydrogens is 298 g/mol. The third-order valence-electron chi connectivity index (χ3n) is 4.58. The van der Waals surface area contributed by atoms with E-state index in [1.165, 1.54) is 12.8 Å². The van der Waals surface area contributed by atoms with E-state index in [0.717, 1.165) is 42.2 Å². The van der Waals surface area contributed by atoms with Gasteiger partial charge in [-0.25, -0.2) is 0 Å². The Morgan fingerprint density at radius 3 is 2.68 bits per heavy atom. The van der Waals surface area contributed by atoms with Crippen LogP contribution in [0.1, 0.15) is 36.6 Å². The molecule has 1 saturated carbocycles. The van der Waals surface area contributed by atoms with Crippen molar-refractivity contribution in [2.45, 2.75) is 31.1 Å². The predicted molar refractivity (Wildman–Crippen MR) is 88.4 cm³/mol. The smallest absolute Gasteiger partial charge is 0.226 e. The van der Waals surface area contributed by atoms with Gasteiger partial charge in [0.2, 0.25) is 5.91 Å². The second kappa shape index (κ2) is 6.82. The minimum Gasteiger partial charge on any atom is -0.493 e. The van der Waals surface area contributed by atoms with Gasteiger partial charge in [0.15, 0.2) is 11.5 Å². The Kier molecular flexibility index (Phi) is 4.81. The summed E-state index contributed by atoms with van der Waals surface area (Å²) in [5, 5.41) is 0.0400. The normalized spacial score (nSPS) is 22.1. The second-order valence-corrected chi connectivity index (χ2v) is 7.01. The van der Waals surface area contributed by atoms with Crippen LogP contribution in [-0.2, 0) is 4.79 Å². The van der Waals surface area contributed by atoms with E-state index in [4.69, 9.17) is 9.47 Å². The molecule has 0 spiro atoms. The maximum absolute atomic E-state index is 12.8. The molecule has 2 fully saturated rings. The maximum Gasteiger partial charge on any atom is 0.226 e. The van der Waals surface area contributed by atoms with E-state index in [9.17, 15) is 4.79 Å². The summed E-state index contributed by atoms with van der Waals surface area (Å²) in [4.78, 5) is 14.9. The van der Waals surface area contributed by atoms with Crippen LogP contribution >= 0.6 is 11.8 Å². The molecule has 0 radical (unpaired) electrons. The predicted octanol–water partition coefficient (Wildman–Crippen LogP) is 3.47. The number of thioether (sulfide) groups is 1. The molecule has 120 valence electrons. The van der Waals surface area contributed by atoms with Crippen LogP contribution < -0.4 is 9.47 Å². The molecule has 22 heavy (non-hydrogen) atoms. The maximum atomic E-state index is 12.8. The average molecular weight is 321 g/mol. The minimum absolute atomic E-state index is 0.0400. The summed E-state index contributed by atoms with van der Waals surface area (Å²) in [7, 11) is 3.30. The lowest BCUT2D eigenvalue weighted by molar-refractivity contribution is -0.135. The van der Waals surface area contributed by atoms with Crippen LogP contribution in [0.15, 0.2) is 18.2 Å². The molecule has 2 aliphatic rings. The van der Waals surface area contributed by atoms with Gasteiger partial charge in [-0.15, -0.1) is 11.8 Å². The van der Waals surface area contributed by atoms with Crippen LogP contribution in [-0.4, -0.2) is 37.3 Å². The monoisotopic (exact) mass is 321 g/mol. The lowest BCUT2D eigenvalue weighted by Crippen LogP contribution is -2.34. The Balaban J connectivity index is 1.88. The number of hydrogen-bond donors (Lipinski definition) is 0. The molecule has 1 atom stereocenters. The summed E-state index contributed by atoms with van der Waals surface area (Å²) < 4.78 is 11.0. The number of ether oxygens (including phenoxy) is 2. The average Bonchev–Trinajstić information content (AvgIpc) is 3.24. The van der Waals surface area contributed by atoms with Gasteiger partial charge in [-0.1, -0.05) is 25.0 Å². The van der Waals surface area contributed by atoms with Crippen molar-refractivity contribution in [1.82, 2.24) is 4.90 Å². The van der Waals surface area contributed by atoms with Crippen molar-refractivity contribution in [2.24, 2.45) is 5.92 Å². The van der Waals surface area contributed by atoms with Gasteiger partial charge in [-0.2, -0.15) is 0 Å². The summed E-state index contributed by atoms with van der Waals surface area (Å²) in [6.07, 6.45) is 4.46. The fourth-order valence-corrected chi connectivity index (χ4v) is 4.75. The number of carbonyl (C=O) groups is 1. The fourth-order valence-electron chi connectivity index (χ4n) is 3.47. The highest BCUT2D eigenvalue weighted by Crippen LogP contribution is 2.46. The lowest BCUT2D eigenvalue weighted by Gasteiger charge is -2.28. The summed E-state index contributed by atoms with van der Waals surface area (Å²) in [6, 6.07) is 5.90. The molecule has 1 unspecified atom stereocenters. The number of para-hydroxylation sites is 1. The van der Waals surface area contributed by atoms with Crippen LogP contribution in [0.3, 0.4) is 0 Å². The SMILES string of the molecule is COc1cccc(C2SCCN2C(=O)C2CCCC2)c1OC. The number of nitrogens with zero attached hydrogens (tertiary/aromatic N) is 1. The standard InChI is InChI=1S/C17H23NO3S/c1-20-14-9-5-8-13(15(14)21-2)17-18(10-11-22-17)16(19)12-6-3-4-7-12/h5,8-9,12,17H,3-4,6-7,10-11H2,1-2H3. The first-order valence-electron chi connectivity index (χ1n) is 7.89. The highest BCUT2D eigenvalue weighted by Gasteiger charge is 2.37. The third kappa shape index (κ3) is 2.78. The molecule has 1 aliphatic carbocycles. The zero-order valence-electron chi connectivity index (χ0n) is 13.2. The number of carbonyl (C=O) groups excluding carboxylic acids is 1. The largest absolute Gasteiger partial charge is 0.493 e. The van der Waals surface area contributed by atoms with E-state index in [1.807, 2.05) is 34.9 Å². The first-order valence-corrected chi connectivity index (χ1v) is 8.94. The highest BCUT2D eigenvalue weighted by atomic mass is 32.2. The van der Waals surface area contributed by atoms with Crippen molar-refractivity contribution in [3.8, 4) is 11.5 Å². The van der Waals surface area contributed by atoms with E-state index in [0.29, 0.717) is 5.91 Å². The molecule has 1 aromatic rings. The van der Waals surface area contributed by atoms with Crippen LogP contribution in [0.5, 0.6) is 11.5 Å². The zero-order chi connectivity index (χ0) is 15.5. The summed E-state index contributed by atoms with van der Waals surface area (Å²) in [5.41, 5.74) is 1.04. The van der Waals surface area contributed by atoms with E-state index < -0.39 is 0 Å². The molecule has 1 aromatic carbocycles. The van der Waals surface area contributed by atoms with Gasteiger partial charge in [-0.3, -0.25) is 4.79 Å². The van der Waals surface area contributed by atoms with E-state index in [1.54, 1.807) is 14.2 Å².